The zero-order valence-electron chi connectivity index (χ0n) is 30.2. The van der Waals surface area contributed by atoms with Gasteiger partial charge in [-0.1, -0.05) is 72.7 Å². The maximum Gasteiger partial charge on any atom is 0.410 e. The molecule has 0 unspecified atom stereocenters. The Labute approximate surface area is 270 Å². The smallest absolute Gasteiger partial charge is 0.410 e. The molecule has 1 N–H and O–H groups in total. The predicted octanol–water partition coefficient (Wildman–Crippen LogP) is 5.73. The molecule has 0 heterocycles. The van der Waals surface area contributed by atoms with Gasteiger partial charge in [-0.05, 0) is 52.0 Å². The van der Waals surface area contributed by atoms with E-state index in [0.717, 1.165) is 0 Å². The number of nitrogens with zero attached hydrogens (tertiary/aromatic N) is 2. The second-order valence-electron chi connectivity index (χ2n) is 14.5. The number of carbonyl (C=O) groups is 4. The molecule has 254 valence electrons. The van der Waals surface area contributed by atoms with Gasteiger partial charge in [0.25, 0.3) is 0 Å². The van der Waals surface area contributed by atoms with E-state index in [2.05, 4.69) is 5.32 Å². The zero-order chi connectivity index (χ0) is 35.1. The normalized spacial score (nSPS) is 14.6. The number of likely N-dealkylation sites (N-methyl/N-ethyl adjacent to an activating group) is 2. The van der Waals surface area contributed by atoms with Crippen molar-refractivity contribution >= 4 is 23.9 Å². The summed E-state index contributed by atoms with van der Waals surface area (Å²) in [6.07, 6.45) is 1.05. The first-order valence-corrected chi connectivity index (χ1v) is 15.5. The Kier molecular flexibility index (Phi) is 13.7. The van der Waals surface area contributed by atoms with Gasteiger partial charge in [-0.2, -0.15) is 0 Å². The first-order chi connectivity index (χ1) is 20.5. The third-order valence-corrected chi connectivity index (χ3v) is 7.70. The summed E-state index contributed by atoms with van der Waals surface area (Å²) in [6.45, 7) is 22.1. The van der Waals surface area contributed by atoms with Crippen LogP contribution in [0, 0.1) is 11.3 Å². The second kappa shape index (κ2) is 15.6. The fraction of sp³-hybridized carbons (Fsp3) is 0.657. The van der Waals surface area contributed by atoms with Crippen LogP contribution < -0.4 is 10.1 Å². The lowest BCUT2D eigenvalue weighted by molar-refractivity contribution is -0.142. The SMILES string of the molecule is CCOC(=O)C(C)=C[C@H](C(C)C)N(C)C(=O)[C@@H](NC(=O)[C@@H](N(C)C(=O)OC(C)(C)C)C(C)(C)c1ccccc1OC)C(C)(C)C. The molecule has 3 amide bonds. The number of esters is 1. The van der Waals surface area contributed by atoms with Crippen LogP contribution in [0.1, 0.15) is 88.6 Å². The van der Waals surface area contributed by atoms with Gasteiger partial charge in [0.05, 0.1) is 19.8 Å². The Morgan fingerprint density at radius 2 is 1.49 bits per heavy atom. The predicted molar refractivity (Wildman–Crippen MR) is 177 cm³/mol. The number of benzene rings is 1. The average molecular weight is 632 g/mol. The molecular weight excluding hydrogens is 574 g/mol. The van der Waals surface area contributed by atoms with E-state index in [1.165, 1.54) is 11.9 Å². The number of hydrogen-bond donors (Lipinski definition) is 1. The van der Waals surface area contributed by atoms with Crippen molar-refractivity contribution < 1.29 is 33.4 Å². The van der Waals surface area contributed by atoms with E-state index >= 15 is 0 Å². The van der Waals surface area contributed by atoms with Crippen molar-refractivity contribution in [2.75, 3.05) is 27.8 Å². The van der Waals surface area contributed by atoms with Crippen LogP contribution in [0.3, 0.4) is 0 Å². The Bertz CT molecular complexity index is 1220. The van der Waals surface area contributed by atoms with Crippen LogP contribution in [0.5, 0.6) is 5.75 Å². The highest BCUT2D eigenvalue weighted by molar-refractivity contribution is 5.93. The van der Waals surface area contributed by atoms with Gasteiger partial charge in [0.15, 0.2) is 0 Å². The van der Waals surface area contributed by atoms with Gasteiger partial charge >= 0.3 is 12.1 Å². The summed E-state index contributed by atoms with van der Waals surface area (Å²) in [5, 5.41) is 3.01. The highest BCUT2D eigenvalue weighted by Crippen LogP contribution is 2.37. The van der Waals surface area contributed by atoms with Gasteiger partial charge in [0.1, 0.15) is 23.4 Å². The van der Waals surface area contributed by atoms with Crippen LogP contribution in [0.15, 0.2) is 35.9 Å². The van der Waals surface area contributed by atoms with Crippen molar-refractivity contribution in [1.82, 2.24) is 15.1 Å². The van der Waals surface area contributed by atoms with Crippen LogP contribution in [0.4, 0.5) is 4.79 Å². The van der Waals surface area contributed by atoms with E-state index in [1.807, 2.05) is 66.7 Å². The van der Waals surface area contributed by atoms with Crippen molar-refractivity contribution in [3.63, 3.8) is 0 Å². The molecule has 0 saturated carbocycles. The van der Waals surface area contributed by atoms with Crippen LogP contribution in [0.2, 0.25) is 0 Å². The monoisotopic (exact) mass is 631 g/mol. The highest BCUT2D eigenvalue weighted by Gasteiger charge is 2.46. The number of methoxy groups -OCH3 is 1. The Hall–Kier alpha value is -3.56. The summed E-state index contributed by atoms with van der Waals surface area (Å²) >= 11 is 0. The Morgan fingerprint density at radius 1 is 0.933 bits per heavy atom. The van der Waals surface area contributed by atoms with Crippen molar-refractivity contribution in [1.29, 1.82) is 0 Å². The van der Waals surface area contributed by atoms with Crippen LogP contribution in [-0.2, 0) is 29.3 Å². The number of hydrogen-bond acceptors (Lipinski definition) is 7. The minimum absolute atomic E-state index is 0.0461. The minimum atomic E-state index is -1.10. The third kappa shape index (κ3) is 10.5. The van der Waals surface area contributed by atoms with Crippen molar-refractivity contribution in [2.45, 2.75) is 112 Å². The first-order valence-electron chi connectivity index (χ1n) is 15.5. The van der Waals surface area contributed by atoms with E-state index in [0.29, 0.717) is 16.9 Å². The summed E-state index contributed by atoms with van der Waals surface area (Å²) in [7, 11) is 4.73. The zero-order valence-corrected chi connectivity index (χ0v) is 30.2. The van der Waals surface area contributed by atoms with Gasteiger partial charge < -0.3 is 24.4 Å². The van der Waals surface area contributed by atoms with E-state index in [-0.39, 0.29) is 18.4 Å². The molecular formula is C35H57N3O7. The first kappa shape index (κ1) is 39.5. The Morgan fingerprint density at radius 3 is 1.96 bits per heavy atom. The average Bonchev–Trinajstić information content (AvgIpc) is 2.91. The molecule has 0 aliphatic heterocycles. The quantitative estimate of drug-likeness (QED) is 0.231. The van der Waals surface area contributed by atoms with E-state index in [1.54, 1.807) is 65.8 Å². The molecule has 1 aromatic rings. The van der Waals surface area contributed by atoms with Gasteiger partial charge in [-0.25, -0.2) is 9.59 Å². The summed E-state index contributed by atoms with van der Waals surface area (Å²) < 4.78 is 16.4. The van der Waals surface area contributed by atoms with Crippen LogP contribution in [0.25, 0.3) is 0 Å². The fourth-order valence-electron chi connectivity index (χ4n) is 5.29. The van der Waals surface area contributed by atoms with Crippen LogP contribution >= 0.6 is 0 Å². The molecule has 10 heteroatoms. The fourth-order valence-corrected chi connectivity index (χ4v) is 5.29. The lowest BCUT2D eigenvalue weighted by Crippen LogP contribution is -2.63. The molecule has 1 aromatic carbocycles. The molecule has 0 saturated heterocycles. The van der Waals surface area contributed by atoms with E-state index in [9.17, 15) is 19.2 Å². The number of amides is 3. The third-order valence-electron chi connectivity index (χ3n) is 7.70. The van der Waals surface area contributed by atoms with Crippen molar-refractivity contribution in [3.05, 3.63) is 41.5 Å². The highest BCUT2D eigenvalue weighted by atomic mass is 16.6. The number of para-hydroxylation sites is 1. The molecule has 3 atom stereocenters. The van der Waals surface area contributed by atoms with Crippen LogP contribution in [-0.4, -0.2) is 85.2 Å². The number of carbonyl (C=O) groups excluding carboxylic acids is 4. The molecule has 0 aliphatic rings. The minimum Gasteiger partial charge on any atom is -0.496 e. The number of nitrogens with one attached hydrogen (secondary N) is 1. The van der Waals surface area contributed by atoms with Gasteiger partial charge in [0, 0.05) is 30.6 Å². The number of ether oxygens (including phenoxy) is 3. The second-order valence-corrected chi connectivity index (χ2v) is 14.5. The van der Waals surface area contributed by atoms with E-state index < -0.39 is 52.5 Å². The van der Waals surface area contributed by atoms with Gasteiger partial charge in [-0.3, -0.25) is 14.5 Å². The van der Waals surface area contributed by atoms with Gasteiger partial charge in [-0.15, -0.1) is 0 Å². The lowest BCUT2D eigenvalue weighted by atomic mass is 9.75. The topological polar surface area (TPSA) is 114 Å². The maximum absolute atomic E-state index is 14.5. The molecule has 10 nitrogen and oxygen atoms in total. The summed E-state index contributed by atoms with van der Waals surface area (Å²) in [5.74, 6) is -0.799. The lowest BCUT2D eigenvalue weighted by Gasteiger charge is -2.42. The molecule has 1 rings (SSSR count). The molecule has 0 bridgehead atoms. The van der Waals surface area contributed by atoms with E-state index in [4.69, 9.17) is 14.2 Å². The van der Waals surface area contributed by atoms with Crippen molar-refractivity contribution in [2.24, 2.45) is 11.3 Å². The molecule has 0 aromatic heterocycles. The summed E-state index contributed by atoms with van der Waals surface area (Å²) in [6, 6.07) is 4.80. The standard InChI is InChI=1S/C35H57N3O7/c1-16-44-31(41)23(4)21-25(22(2)3)37(13)30(40)27(33(5,6)7)36-29(39)28(38(14)32(42)45-34(8,9)10)35(11,12)24-19-17-18-20-26(24)43-15/h17-22,25,27-28H,16H2,1-15H3,(H,36,39)/t25-,27-,28-/m1/s1. The summed E-state index contributed by atoms with van der Waals surface area (Å²) in [4.78, 5) is 57.3. The largest absolute Gasteiger partial charge is 0.496 e. The van der Waals surface area contributed by atoms with Crippen molar-refractivity contribution in [3.8, 4) is 5.75 Å². The summed E-state index contributed by atoms with van der Waals surface area (Å²) in [5.41, 5.74) is -1.40. The maximum atomic E-state index is 14.5. The molecule has 0 radical (unpaired) electrons. The Balaban J connectivity index is 3.68. The van der Waals surface area contributed by atoms with Gasteiger partial charge in [0.2, 0.25) is 11.8 Å². The molecule has 0 fully saturated rings. The molecule has 45 heavy (non-hydrogen) atoms. The number of rotatable bonds is 12. The molecule has 0 spiro atoms. The molecule has 0 aliphatic carbocycles.